The molecule has 2 aliphatic carbocycles. The second kappa shape index (κ2) is 2.94. The van der Waals surface area contributed by atoms with Crippen LogP contribution in [0.2, 0.25) is 0 Å². The maximum absolute atomic E-state index is 2.49. The predicted molar refractivity (Wildman–Crippen MR) is 43.3 cm³/mol. The van der Waals surface area contributed by atoms with Crippen molar-refractivity contribution in [1.29, 1.82) is 0 Å². The average molecular weight is 136 g/mol. The van der Waals surface area contributed by atoms with Gasteiger partial charge < -0.3 is 0 Å². The molecule has 2 radical (unpaired) electrons. The lowest BCUT2D eigenvalue weighted by Gasteiger charge is -2.34. The molecule has 2 rings (SSSR count). The molecule has 0 N–H and O–H groups in total. The van der Waals surface area contributed by atoms with E-state index in [0.29, 0.717) is 0 Å². The van der Waals surface area contributed by atoms with Crippen LogP contribution in [-0.4, -0.2) is 0 Å². The maximum atomic E-state index is 2.49. The molecule has 0 unspecified atom stereocenters. The molecule has 0 aromatic rings. The van der Waals surface area contributed by atoms with E-state index < -0.39 is 0 Å². The summed E-state index contributed by atoms with van der Waals surface area (Å²) in [6, 6.07) is 0. The molecule has 0 bridgehead atoms. The Bertz CT molecular complexity index is 80.6. The Morgan fingerprint density at radius 1 is 0.800 bits per heavy atom. The maximum Gasteiger partial charge on any atom is -0.0380 e. The van der Waals surface area contributed by atoms with Gasteiger partial charge in [-0.3, -0.25) is 0 Å². The summed E-state index contributed by atoms with van der Waals surface area (Å²) in [5.41, 5.74) is 0. The first kappa shape index (κ1) is 6.69. The number of hydrogen-bond donors (Lipinski definition) is 0. The van der Waals surface area contributed by atoms with Crippen LogP contribution in [0, 0.1) is 24.7 Å². The van der Waals surface area contributed by atoms with Crippen LogP contribution in [0.25, 0.3) is 0 Å². The second-order valence-electron chi connectivity index (χ2n) is 3.72. The molecule has 0 aromatic heterocycles. The van der Waals surface area contributed by atoms with Gasteiger partial charge in [0, 0.05) is 0 Å². The minimum absolute atomic E-state index is 1.04. The fourth-order valence-electron chi connectivity index (χ4n) is 2.42. The minimum atomic E-state index is 1.04. The average Bonchev–Trinajstić information content (AvgIpc) is 2.05. The molecule has 2 aliphatic rings. The van der Waals surface area contributed by atoms with Crippen LogP contribution < -0.4 is 0 Å². The van der Waals surface area contributed by atoms with Gasteiger partial charge in [0.25, 0.3) is 0 Å². The molecule has 0 saturated heterocycles. The second-order valence-corrected chi connectivity index (χ2v) is 3.72. The number of rotatable bonds is 0. The monoisotopic (exact) mass is 136 g/mol. The van der Waals surface area contributed by atoms with Gasteiger partial charge in [0.2, 0.25) is 0 Å². The third kappa shape index (κ3) is 1.21. The highest BCUT2D eigenvalue weighted by molar-refractivity contribution is 4.90. The standard InChI is InChI=1S/C10H16/c1-2-6-10-8-4-3-7-9(10)5-1/h1,3,9-10H,2,4-8H2. The fourth-order valence-corrected chi connectivity index (χ4v) is 2.42. The van der Waals surface area contributed by atoms with Gasteiger partial charge in [-0.25, -0.2) is 0 Å². The first-order valence-corrected chi connectivity index (χ1v) is 4.60. The van der Waals surface area contributed by atoms with E-state index in [1.54, 1.807) is 0 Å². The molecule has 10 heavy (non-hydrogen) atoms. The van der Waals surface area contributed by atoms with Gasteiger partial charge in [0.1, 0.15) is 0 Å². The first-order valence-electron chi connectivity index (χ1n) is 4.60. The molecule has 0 spiro atoms. The zero-order valence-corrected chi connectivity index (χ0v) is 6.55. The molecule has 0 heterocycles. The van der Waals surface area contributed by atoms with Crippen molar-refractivity contribution in [2.75, 3.05) is 0 Å². The van der Waals surface area contributed by atoms with Gasteiger partial charge in [-0.15, -0.1) is 0 Å². The fraction of sp³-hybridized carbons (Fsp3) is 0.800. The van der Waals surface area contributed by atoms with E-state index in [4.69, 9.17) is 0 Å². The Morgan fingerprint density at radius 2 is 1.40 bits per heavy atom. The summed E-state index contributed by atoms with van der Waals surface area (Å²) in [5, 5.41) is 0. The normalized spacial score (nSPS) is 40.8. The van der Waals surface area contributed by atoms with Gasteiger partial charge >= 0.3 is 0 Å². The zero-order valence-electron chi connectivity index (χ0n) is 6.55. The quantitative estimate of drug-likeness (QED) is 0.480. The van der Waals surface area contributed by atoms with E-state index in [9.17, 15) is 0 Å². The van der Waals surface area contributed by atoms with Crippen LogP contribution in [0.3, 0.4) is 0 Å². The lowest BCUT2D eigenvalue weighted by molar-refractivity contribution is 0.226. The van der Waals surface area contributed by atoms with Crippen molar-refractivity contribution in [3.63, 3.8) is 0 Å². The minimum Gasteiger partial charge on any atom is -0.0499 e. The van der Waals surface area contributed by atoms with Crippen molar-refractivity contribution in [1.82, 2.24) is 0 Å². The van der Waals surface area contributed by atoms with Gasteiger partial charge in [-0.2, -0.15) is 0 Å². The van der Waals surface area contributed by atoms with E-state index >= 15 is 0 Å². The van der Waals surface area contributed by atoms with Crippen LogP contribution in [0.5, 0.6) is 0 Å². The summed E-state index contributed by atoms with van der Waals surface area (Å²) in [5.74, 6) is 2.14. The van der Waals surface area contributed by atoms with Crippen molar-refractivity contribution >= 4 is 0 Å². The molecular weight excluding hydrogens is 120 g/mol. The van der Waals surface area contributed by atoms with E-state index in [2.05, 4.69) is 12.8 Å². The molecule has 0 amide bonds. The highest BCUT2D eigenvalue weighted by Gasteiger charge is 2.27. The lowest BCUT2D eigenvalue weighted by atomic mass is 9.71. The molecule has 0 aliphatic heterocycles. The summed E-state index contributed by atoms with van der Waals surface area (Å²) in [6.07, 6.45) is 13.5. The van der Waals surface area contributed by atoms with E-state index in [-0.39, 0.29) is 0 Å². The van der Waals surface area contributed by atoms with Crippen LogP contribution in [-0.2, 0) is 0 Å². The summed E-state index contributed by atoms with van der Waals surface area (Å²) in [4.78, 5) is 0. The van der Waals surface area contributed by atoms with Crippen molar-refractivity contribution in [2.24, 2.45) is 11.8 Å². The van der Waals surface area contributed by atoms with E-state index in [1.807, 2.05) is 0 Å². The topological polar surface area (TPSA) is 0 Å². The Kier molecular flexibility index (Phi) is 1.97. The largest absolute Gasteiger partial charge is 0.0499 e. The number of hydrogen-bond acceptors (Lipinski definition) is 0. The highest BCUT2D eigenvalue weighted by atomic mass is 14.3. The van der Waals surface area contributed by atoms with Crippen molar-refractivity contribution in [2.45, 2.75) is 38.5 Å². The first-order chi connectivity index (χ1) is 4.97. The molecule has 56 valence electrons. The molecule has 0 aromatic carbocycles. The van der Waals surface area contributed by atoms with Gasteiger partial charge in [0.15, 0.2) is 0 Å². The Hall–Kier alpha value is 0. The van der Waals surface area contributed by atoms with Gasteiger partial charge in [-0.05, 0) is 63.2 Å². The van der Waals surface area contributed by atoms with E-state index in [1.165, 1.54) is 38.5 Å². The Balaban J connectivity index is 1.93. The summed E-state index contributed by atoms with van der Waals surface area (Å²) >= 11 is 0. The summed E-state index contributed by atoms with van der Waals surface area (Å²) in [6.45, 7) is 0. The smallest absolute Gasteiger partial charge is 0.0380 e. The van der Waals surface area contributed by atoms with E-state index in [0.717, 1.165) is 11.8 Å². The van der Waals surface area contributed by atoms with Gasteiger partial charge in [0.05, 0.1) is 0 Å². The van der Waals surface area contributed by atoms with Crippen LogP contribution in [0.1, 0.15) is 38.5 Å². The molecular formula is C10H16. The molecule has 2 saturated carbocycles. The molecule has 0 atom stereocenters. The Morgan fingerprint density at radius 3 is 1.90 bits per heavy atom. The zero-order chi connectivity index (χ0) is 6.81. The van der Waals surface area contributed by atoms with Gasteiger partial charge in [-0.1, -0.05) is 0 Å². The van der Waals surface area contributed by atoms with Crippen LogP contribution in [0.15, 0.2) is 0 Å². The van der Waals surface area contributed by atoms with Crippen LogP contribution in [0.4, 0.5) is 0 Å². The summed E-state index contributed by atoms with van der Waals surface area (Å²) in [7, 11) is 0. The third-order valence-corrected chi connectivity index (χ3v) is 3.09. The van der Waals surface area contributed by atoms with Crippen molar-refractivity contribution in [3.8, 4) is 0 Å². The Labute approximate surface area is 64.0 Å². The summed E-state index contributed by atoms with van der Waals surface area (Å²) < 4.78 is 0. The molecule has 0 nitrogen and oxygen atoms in total. The van der Waals surface area contributed by atoms with Crippen molar-refractivity contribution < 1.29 is 0 Å². The molecule has 2 fully saturated rings. The number of fused-ring (bicyclic) bond motifs is 1. The van der Waals surface area contributed by atoms with Crippen molar-refractivity contribution in [3.05, 3.63) is 12.8 Å². The highest BCUT2D eigenvalue weighted by Crippen LogP contribution is 2.39. The lowest BCUT2D eigenvalue weighted by Crippen LogP contribution is -2.23. The third-order valence-electron chi connectivity index (χ3n) is 3.09. The predicted octanol–water partition coefficient (Wildman–Crippen LogP) is 3.00. The van der Waals surface area contributed by atoms with Crippen LogP contribution >= 0.6 is 0 Å². The molecule has 0 heteroatoms. The SMILES string of the molecule is [CH]1CCC2CC[CH]CC2C1.